The number of para-hydroxylation sites is 1. The number of carbonyl (C=O) groups is 2. The monoisotopic (exact) mass is 394 g/mol. The topological polar surface area (TPSA) is 74.3 Å². The number of anilines is 1. The molecule has 154 valence electrons. The number of rotatable bonds is 10. The van der Waals surface area contributed by atoms with Crippen molar-refractivity contribution in [1.29, 1.82) is 0 Å². The van der Waals surface area contributed by atoms with Crippen LogP contribution >= 0.6 is 0 Å². The van der Waals surface area contributed by atoms with Gasteiger partial charge in [-0.05, 0) is 44.0 Å². The van der Waals surface area contributed by atoms with Crippen LogP contribution in [0.1, 0.15) is 48.8 Å². The average Bonchev–Trinajstić information content (AvgIpc) is 2.73. The van der Waals surface area contributed by atoms with Crippen molar-refractivity contribution in [1.82, 2.24) is 15.2 Å². The molecule has 2 aromatic rings. The number of hydrogen-bond acceptors (Lipinski definition) is 4. The van der Waals surface area contributed by atoms with Gasteiger partial charge in [0.2, 0.25) is 5.91 Å². The summed E-state index contributed by atoms with van der Waals surface area (Å²) in [5.41, 5.74) is 2.95. The molecule has 2 amide bonds. The fraction of sp³-hybridized carbons (Fsp3) is 0.348. The summed E-state index contributed by atoms with van der Waals surface area (Å²) >= 11 is 0. The molecule has 2 N–H and O–H groups in total. The van der Waals surface area contributed by atoms with Crippen LogP contribution in [0.3, 0.4) is 0 Å². The summed E-state index contributed by atoms with van der Waals surface area (Å²) in [5.74, 6) is -0.120. The van der Waals surface area contributed by atoms with E-state index in [0.717, 1.165) is 24.2 Å². The Morgan fingerprint density at radius 3 is 2.69 bits per heavy atom. The fourth-order valence-electron chi connectivity index (χ4n) is 2.98. The number of carbonyl (C=O) groups excluding carboxylic acids is 2. The molecule has 0 spiro atoms. The summed E-state index contributed by atoms with van der Waals surface area (Å²) in [5, 5.41) is 6.07. The second-order valence-electron chi connectivity index (χ2n) is 6.65. The number of amides is 2. The van der Waals surface area contributed by atoms with Gasteiger partial charge in [0.1, 0.15) is 0 Å². The van der Waals surface area contributed by atoms with Gasteiger partial charge in [0, 0.05) is 37.1 Å². The van der Waals surface area contributed by atoms with E-state index in [-0.39, 0.29) is 18.4 Å². The van der Waals surface area contributed by atoms with E-state index >= 15 is 0 Å². The van der Waals surface area contributed by atoms with Gasteiger partial charge in [-0.3, -0.25) is 14.6 Å². The van der Waals surface area contributed by atoms with Gasteiger partial charge in [-0.15, -0.1) is 0 Å². The molecule has 0 unspecified atom stereocenters. The second-order valence-corrected chi connectivity index (χ2v) is 6.65. The molecule has 0 aliphatic rings. The molecular weight excluding hydrogens is 364 g/mol. The molecule has 0 bridgehead atoms. The third-order valence-corrected chi connectivity index (χ3v) is 4.44. The van der Waals surface area contributed by atoms with E-state index in [9.17, 15) is 9.59 Å². The molecule has 6 heteroatoms. The van der Waals surface area contributed by atoms with Crippen LogP contribution < -0.4 is 10.6 Å². The number of nitrogens with one attached hydrogen (secondary N) is 2. The van der Waals surface area contributed by atoms with E-state index in [2.05, 4.69) is 22.5 Å². The maximum atomic E-state index is 12.7. The van der Waals surface area contributed by atoms with Crippen LogP contribution in [0, 0.1) is 0 Å². The van der Waals surface area contributed by atoms with E-state index in [4.69, 9.17) is 0 Å². The number of benzene rings is 1. The number of allylic oxidation sites excluding steroid dienone is 1. The normalized spacial score (nSPS) is 10.9. The summed E-state index contributed by atoms with van der Waals surface area (Å²) in [4.78, 5) is 31.0. The minimum atomic E-state index is -0.193. The molecule has 0 saturated carbocycles. The molecule has 1 aromatic heterocycles. The Kier molecular flexibility index (Phi) is 9.05. The first-order valence-electron chi connectivity index (χ1n) is 10.1. The molecule has 0 atom stereocenters. The summed E-state index contributed by atoms with van der Waals surface area (Å²) in [6.07, 6.45) is 6.44. The summed E-state index contributed by atoms with van der Waals surface area (Å²) < 4.78 is 0. The molecule has 0 fully saturated rings. The molecule has 0 aliphatic heterocycles. The zero-order valence-electron chi connectivity index (χ0n) is 17.4. The van der Waals surface area contributed by atoms with E-state index in [1.165, 1.54) is 0 Å². The van der Waals surface area contributed by atoms with E-state index in [1.807, 2.05) is 55.2 Å². The maximum Gasteiger partial charge on any atom is 0.255 e. The van der Waals surface area contributed by atoms with Crippen molar-refractivity contribution in [3.05, 3.63) is 65.5 Å². The first kappa shape index (κ1) is 22.3. The van der Waals surface area contributed by atoms with Crippen molar-refractivity contribution in [2.45, 2.75) is 33.7 Å². The van der Waals surface area contributed by atoms with Crippen LogP contribution in [-0.2, 0) is 11.3 Å². The van der Waals surface area contributed by atoms with Crippen LogP contribution in [0.25, 0.3) is 6.08 Å². The lowest BCUT2D eigenvalue weighted by atomic mass is 10.1. The van der Waals surface area contributed by atoms with Gasteiger partial charge in [0.25, 0.3) is 5.91 Å². The number of nitrogens with zero attached hydrogens (tertiary/aromatic N) is 2. The molecule has 29 heavy (non-hydrogen) atoms. The fourth-order valence-corrected chi connectivity index (χ4v) is 2.98. The molecule has 0 aliphatic carbocycles. The lowest BCUT2D eigenvalue weighted by Crippen LogP contribution is -2.38. The number of pyridine rings is 1. The Morgan fingerprint density at radius 2 is 1.97 bits per heavy atom. The second kappa shape index (κ2) is 11.8. The Balaban J connectivity index is 1.97. The van der Waals surface area contributed by atoms with E-state index in [1.54, 1.807) is 18.3 Å². The minimum absolute atomic E-state index is 0.0730. The first-order chi connectivity index (χ1) is 14.1. The zero-order valence-corrected chi connectivity index (χ0v) is 17.4. The van der Waals surface area contributed by atoms with Crippen molar-refractivity contribution in [3.63, 3.8) is 0 Å². The first-order valence-corrected chi connectivity index (χ1v) is 10.1. The SMILES string of the molecule is C/C=C/c1ccccc1NC(=O)c1ccnc(CNCC(=O)N(CC)CCC)c1. The third-order valence-electron chi connectivity index (χ3n) is 4.44. The van der Waals surface area contributed by atoms with Gasteiger partial charge < -0.3 is 15.5 Å². The van der Waals surface area contributed by atoms with Crippen molar-refractivity contribution in [2.24, 2.45) is 0 Å². The molecule has 1 aromatic carbocycles. The van der Waals surface area contributed by atoms with Gasteiger partial charge >= 0.3 is 0 Å². The third kappa shape index (κ3) is 6.84. The average molecular weight is 395 g/mol. The Morgan fingerprint density at radius 1 is 1.17 bits per heavy atom. The highest BCUT2D eigenvalue weighted by atomic mass is 16.2. The van der Waals surface area contributed by atoms with Gasteiger partial charge in [-0.1, -0.05) is 37.3 Å². The van der Waals surface area contributed by atoms with Gasteiger partial charge in [-0.2, -0.15) is 0 Å². The summed E-state index contributed by atoms with van der Waals surface area (Å²) in [6.45, 7) is 8.12. The largest absolute Gasteiger partial charge is 0.342 e. The molecule has 2 rings (SSSR count). The van der Waals surface area contributed by atoms with Gasteiger partial charge in [-0.25, -0.2) is 0 Å². The minimum Gasteiger partial charge on any atom is -0.342 e. The molecule has 0 saturated heterocycles. The summed E-state index contributed by atoms with van der Waals surface area (Å²) in [7, 11) is 0. The highest BCUT2D eigenvalue weighted by molar-refractivity contribution is 6.05. The van der Waals surface area contributed by atoms with Gasteiger partial charge in [0.05, 0.1) is 12.2 Å². The van der Waals surface area contributed by atoms with Gasteiger partial charge in [0.15, 0.2) is 0 Å². The Hall–Kier alpha value is -2.99. The molecular formula is C23H30N4O2. The molecule has 6 nitrogen and oxygen atoms in total. The molecule has 1 heterocycles. The smallest absolute Gasteiger partial charge is 0.255 e. The number of likely N-dealkylation sites (N-methyl/N-ethyl adjacent to an activating group) is 1. The molecule has 0 radical (unpaired) electrons. The number of aromatic nitrogens is 1. The van der Waals surface area contributed by atoms with Crippen molar-refractivity contribution in [3.8, 4) is 0 Å². The quantitative estimate of drug-likeness (QED) is 0.644. The zero-order chi connectivity index (χ0) is 21.1. The Bertz CT molecular complexity index is 848. The predicted octanol–water partition coefficient (Wildman–Crippen LogP) is 3.72. The maximum absolute atomic E-state index is 12.7. The lowest BCUT2D eigenvalue weighted by molar-refractivity contribution is -0.130. The highest BCUT2D eigenvalue weighted by Gasteiger charge is 2.11. The number of hydrogen-bond donors (Lipinski definition) is 2. The van der Waals surface area contributed by atoms with Crippen LogP contribution in [0.4, 0.5) is 5.69 Å². The van der Waals surface area contributed by atoms with E-state index in [0.29, 0.717) is 24.3 Å². The highest BCUT2D eigenvalue weighted by Crippen LogP contribution is 2.18. The predicted molar refractivity (Wildman–Crippen MR) is 118 cm³/mol. The summed E-state index contributed by atoms with van der Waals surface area (Å²) in [6, 6.07) is 11.1. The van der Waals surface area contributed by atoms with Crippen LogP contribution in [0.2, 0.25) is 0 Å². The van der Waals surface area contributed by atoms with Crippen molar-refractivity contribution >= 4 is 23.6 Å². The van der Waals surface area contributed by atoms with Crippen LogP contribution in [0.5, 0.6) is 0 Å². The van der Waals surface area contributed by atoms with Crippen molar-refractivity contribution in [2.75, 3.05) is 25.0 Å². The van der Waals surface area contributed by atoms with E-state index < -0.39 is 0 Å². The lowest BCUT2D eigenvalue weighted by Gasteiger charge is -2.20. The van der Waals surface area contributed by atoms with Crippen molar-refractivity contribution < 1.29 is 9.59 Å². The Labute approximate surface area is 173 Å². The van der Waals surface area contributed by atoms with Crippen LogP contribution in [0.15, 0.2) is 48.7 Å². The standard InChI is InChI=1S/C23H30N4O2/c1-4-9-18-10-7-8-11-21(18)26-23(29)19-12-13-25-20(15-19)16-24-17-22(28)27(6-3)14-5-2/h4,7-13,15,24H,5-6,14,16-17H2,1-3H3,(H,26,29)/b9-4+. The van der Waals surface area contributed by atoms with Crippen LogP contribution in [-0.4, -0.2) is 41.3 Å².